The minimum absolute atomic E-state index is 0.0675. The van der Waals surface area contributed by atoms with Crippen LogP contribution in [0.15, 0.2) is 60.7 Å². The Bertz CT molecular complexity index is 1460. The lowest BCUT2D eigenvalue weighted by molar-refractivity contribution is 0.0759. The highest BCUT2D eigenvalue weighted by atomic mass is 19.2. The standard InChI is InChI=1S/C31H32F3N5O3/c32-24-7-3-21(4-8-24)30(41)39-15-2-14-37(17-18-39)28-10-6-23(31(42)38-13-1-11-35-12-16-38)20-27(28)36-29(40)22-5-9-25(33)26(34)19-22/h3-10,19-20,35H,1-2,11-18H2,(H,36,40). The number of hydrogen-bond donors (Lipinski definition) is 2. The van der Waals surface area contributed by atoms with E-state index in [2.05, 4.69) is 10.6 Å². The van der Waals surface area contributed by atoms with Crippen molar-refractivity contribution in [2.75, 3.05) is 62.6 Å². The summed E-state index contributed by atoms with van der Waals surface area (Å²) in [4.78, 5) is 45.0. The van der Waals surface area contributed by atoms with Crippen molar-refractivity contribution in [2.24, 2.45) is 0 Å². The monoisotopic (exact) mass is 579 g/mol. The highest BCUT2D eigenvalue weighted by molar-refractivity contribution is 6.07. The zero-order valence-corrected chi connectivity index (χ0v) is 23.0. The fourth-order valence-electron chi connectivity index (χ4n) is 5.24. The van der Waals surface area contributed by atoms with Crippen molar-refractivity contribution in [3.8, 4) is 0 Å². The summed E-state index contributed by atoms with van der Waals surface area (Å²) in [6.45, 7) is 4.54. The van der Waals surface area contributed by atoms with E-state index in [-0.39, 0.29) is 17.4 Å². The number of amides is 3. The van der Waals surface area contributed by atoms with Gasteiger partial charge in [-0.05, 0) is 80.1 Å². The number of nitrogens with one attached hydrogen (secondary N) is 2. The van der Waals surface area contributed by atoms with Crippen molar-refractivity contribution in [1.29, 1.82) is 0 Å². The maximum atomic E-state index is 13.9. The summed E-state index contributed by atoms with van der Waals surface area (Å²) >= 11 is 0. The Morgan fingerprint density at radius 1 is 0.643 bits per heavy atom. The molecule has 0 aromatic heterocycles. The van der Waals surface area contributed by atoms with Gasteiger partial charge in [-0.25, -0.2) is 13.2 Å². The molecule has 0 spiro atoms. The summed E-state index contributed by atoms with van der Waals surface area (Å²) in [7, 11) is 0. The molecule has 2 aliphatic rings. The Balaban J connectivity index is 1.40. The molecule has 0 atom stereocenters. The lowest BCUT2D eigenvalue weighted by Gasteiger charge is -2.27. The molecule has 2 saturated heterocycles. The summed E-state index contributed by atoms with van der Waals surface area (Å²) in [5, 5.41) is 6.07. The van der Waals surface area contributed by atoms with Crippen LogP contribution in [0.3, 0.4) is 0 Å². The van der Waals surface area contributed by atoms with E-state index in [9.17, 15) is 27.6 Å². The highest BCUT2D eigenvalue weighted by Gasteiger charge is 2.25. The van der Waals surface area contributed by atoms with Gasteiger partial charge in [-0.15, -0.1) is 0 Å². The molecule has 0 saturated carbocycles. The molecule has 8 nitrogen and oxygen atoms in total. The maximum absolute atomic E-state index is 13.9. The number of benzene rings is 3. The molecule has 5 rings (SSSR count). The molecule has 3 aromatic carbocycles. The lowest BCUT2D eigenvalue weighted by Crippen LogP contribution is -2.35. The fourth-order valence-corrected chi connectivity index (χ4v) is 5.24. The van der Waals surface area contributed by atoms with E-state index in [4.69, 9.17) is 0 Å². The predicted octanol–water partition coefficient (Wildman–Crippen LogP) is 4.14. The van der Waals surface area contributed by atoms with Gasteiger partial charge < -0.3 is 25.3 Å². The van der Waals surface area contributed by atoms with Gasteiger partial charge in [0.2, 0.25) is 0 Å². The average molecular weight is 580 g/mol. The van der Waals surface area contributed by atoms with Crippen LogP contribution in [0.2, 0.25) is 0 Å². The predicted molar refractivity (Wildman–Crippen MR) is 153 cm³/mol. The second-order valence-electron chi connectivity index (χ2n) is 10.4. The van der Waals surface area contributed by atoms with Gasteiger partial charge in [0.15, 0.2) is 11.6 Å². The van der Waals surface area contributed by atoms with Gasteiger partial charge in [-0.2, -0.15) is 0 Å². The van der Waals surface area contributed by atoms with Crippen LogP contribution in [0.4, 0.5) is 24.5 Å². The van der Waals surface area contributed by atoms with Crippen molar-refractivity contribution in [3.63, 3.8) is 0 Å². The number of nitrogens with zero attached hydrogens (tertiary/aromatic N) is 3. The van der Waals surface area contributed by atoms with E-state index in [0.717, 1.165) is 25.1 Å². The molecule has 0 radical (unpaired) electrons. The third kappa shape index (κ3) is 6.73. The third-order valence-electron chi connectivity index (χ3n) is 7.52. The average Bonchev–Trinajstić information content (AvgIpc) is 3.42. The van der Waals surface area contributed by atoms with E-state index < -0.39 is 23.4 Å². The first-order valence-corrected chi connectivity index (χ1v) is 14.0. The molecule has 11 heteroatoms. The summed E-state index contributed by atoms with van der Waals surface area (Å²) in [5.74, 6) is -3.63. The first-order chi connectivity index (χ1) is 20.3. The highest BCUT2D eigenvalue weighted by Crippen LogP contribution is 2.30. The fraction of sp³-hybridized carbons (Fsp3) is 0.323. The van der Waals surface area contributed by atoms with Crippen LogP contribution >= 0.6 is 0 Å². The van der Waals surface area contributed by atoms with Crippen molar-refractivity contribution < 1.29 is 27.6 Å². The van der Waals surface area contributed by atoms with Gasteiger partial charge in [0.25, 0.3) is 17.7 Å². The number of carbonyl (C=O) groups is 3. The largest absolute Gasteiger partial charge is 0.368 e. The van der Waals surface area contributed by atoms with Gasteiger partial charge in [0, 0.05) is 62.5 Å². The smallest absolute Gasteiger partial charge is 0.255 e. The van der Waals surface area contributed by atoms with Crippen molar-refractivity contribution in [3.05, 3.63) is 94.8 Å². The zero-order chi connectivity index (χ0) is 29.6. The maximum Gasteiger partial charge on any atom is 0.255 e. The molecule has 0 aliphatic carbocycles. The first-order valence-electron chi connectivity index (χ1n) is 14.0. The molecular formula is C31H32F3N5O3. The van der Waals surface area contributed by atoms with Crippen molar-refractivity contribution in [2.45, 2.75) is 12.8 Å². The molecule has 2 N–H and O–H groups in total. The molecule has 3 amide bonds. The normalized spacial score (nSPS) is 16.0. The minimum atomic E-state index is -1.14. The number of carbonyl (C=O) groups excluding carboxylic acids is 3. The summed E-state index contributed by atoms with van der Waals surface area (Å²) in [5.41, 5.74) is 1.71. The Hall–Kier alpha value is -4.38. The van der Waals surface area contributed by atoms with Crippen LogP contribution in [-0.4, -0.2) is 79.9 Å². The van der Waals surface area contributed by atoms with E-state index in [1.165, 1.54) is 30.3 Å². The Morgan fingerprint density at radius 3 is 2.12 bits per heavy atom. The number of hydrogen-bond acceptors (Lipinski definition) is 5. The van der Waals surface area contributed by atoms with Gasteiger partial charge in [-0.1, -0.05) is 0 Å². The molecule has 3 aromatic rings. The topological polar surface area (TPSA) is 85.0 Å². The summed E-state index contributed by atoms with van der Waals surface area (Å²) < 4.78 is 40.7. The second kappa shape index (κ2) is 13.1. The van der Waals surface area contributed by atoms with E-state index in [0.29, 0.717) is 74.7 Å². The third-order valence-corrected chi connectivity index (χ3v) is 7.52. The molecule has 2 heterocycles. The molecular weight excluding hydrogens is 547 g/mol. The minimum Gasteiger partial charge on any atom is -0.368 e. The van der Waals surface area contributed by atoms with Gasteiger partial charge in [-0.3, -0.25) is 14.4 Å². The quantitative estimate of drug-likeness (QED) is 0.475. The molecule has 220 valence electrons. The molecule has 2 fully saturated rings. The Morgan fingerprint density at radius 2 is 1.33 bits per heavy atom. The number of anilines is 2. The SMILES string of the molecule is O=C(Nc1cc(C(=O)N2CCCNCC2)ccc1N1CCCN(C(=O)c2ccc(F)cc2)CC1)c1ccc(F)c(F)c1. The van der Waals surface area contributed by atoms with Gasteiger partial charge >= 0.3 is 0 Å². The molecule has 2 aliphatic heterocycles. The molecule has 42 heavy (non-hydrogen) atoms. The molecule has 0 bridgehead atoms. The molecule has 0 unspecified atom stereocenters. The van der Waals surface area contributed by atoms with E-state index in [1.807, 2.05) is 4.90 Å². The Labute approximate surface area is 242 Å². The first kappa shape index (κ1) is 29.1. The summed E-state index contributed by atoms with van der Waals surface area (Å²) in [6, 6.07) is 13.4. The van der Waals surface area contributed by atoms with Crippen LogP contribution in [0.5, 0.6) is 0 Å². The van der Waals surface area contributed by atoms with Crippen LogP contribution in [0.1, 0.15) is 43.9 Å². The van der Waals surface area contributed by atoms with Gasteiger partial charge in [0.1, 0.15) is 5.82 Å². The van der Waals surface area contributed by atoms with E-state index in [1.54, 1.807) is 28.0 Å². The summed E-state index contributed by atoms with van der Waals surface area (Å²) in [6.07, 6.45) is 1.45. The van der Waals surface area contributed by atoms with Crippen molar-refractivity contribution in [1.82, 2.24) is 15.1 Å². The van der Waals surface area contributed by atoms with Crippen LogP contribution in [0.25, 0.3) is 0 Å². The van der Waals surface area contributed by atoms with Crippen LogP contribution in [0, 0.1) is 17.5 Å². The van der Waals surface area contributed by atoms with Gasteiger partial charge in [0.05, 0.1) is 11.4 Å². The van der Waals surface area contributed by atoms with Crippen LogP contribution < -0.4 is 15.5 Å². The number of rotatable bonds is 5. The zero-order valence-electron chi connectivity index (χ0n) is 23.0. The second-order valence-corrected chi connectivity index (χ2v) is 10.4. The van der Waals surface area contributed by atoms with E-state index >= 15 is 0 Å². The number of halogens is 3. The van der Waals surface area contributed by atoms with Crippen molar-refractivity contribution >= 4 is 29.1 Å². The lowest BCUT2D eigenvalue weighted by atomic mass is 10.1. The Kier molecular flexibility index (Phi) is 9.06. The van der Waals surface area contributed by atoms with Crippen LogP contribution in [-0.2, 0) is 0 Å².